The number of nitrogens with one attached hydrogen (secondary N) is 1. The molecule has 1 aromatic rings. The molecule has 4 nitrogen and oxygen atoms in total. The van der Waals surface area contributed by atoms with Gasteiger partial charge in [0.25, 0.3) is 0 Å². The van der Waals surface area contributed by atoms with Crippen molar-refractivity contribution in [3.05, 3.63) is 33.8 Å². The summed E-state index contributed by atoms with van der Waals surface area (Å²) in [6.07, 6.45) is 0.988. The van der Waals surface area contributed by atoms with Gasteiger partial charge < -0.3 is 10.1 Å². The lowest BCUT2D eigenvalue weighted by molar-refractivity contribution is -0.147. The minimum atomic E-state index is -0.462. The first-order valence-corrected chi connectivity index (χ1v) is 7.36. The highest BCUT2D eigenvalue weighted by molar-refractivity contribution is 6.34. The van der Waals surface area contributed by atoms with Crippen molar-refractivity contribution in [2.75, 3.05) is 33.3 Å². The summed E-state index contributed by atoms with van der Waals surface area (Å²) in [6, 6.07) is 4.74. The Morgan fingerprint density at radius 1 is 1.25 bits per heavy atom. The summed E-state index contributed by atoms with van der Waals surface area (Å²) in [6.45, 7) is 3.42. The van der Waals surface area contributed by atoms with Crippen LogP contribution >= 0.6 is 23.2 Å². The Morgan fingerprint density at radius 3 is 2.60 bits per heavy atom. The second-order valence-electron chi connectivity index (χ2n) is 4.77. The van der Waals surface area contributed by atoms with Gasteiger partial charge in [-0.25, -0.2) is 4.79 Å². The zero-order valence-corrected chi connectivity index (χ0v) is 12.9. The lowest BCUT2D eigenvalue weighted by Crippen LogP contribution is -2.37. The number of methoxy groups -OCH3 is 1. The molecule has 0 spiro atoms. The van der Waals surface area contributed by atoms with Crippen LogP contribution in [0.3, 0.4) is 0 Å². The molecular formula is C14H18Cl2N2O2. The van der Waals surface area contributed by atoms with Crippen LogP contribution in [0.5, 0.6) is 0 Å². The van der Waals surface area contributed by atoms with Gasteiger partial charge in [0.05, 0.1) is 7.11 Å². The quantitative estimate of drug-likeness (QED) is 0.870. The largest absolute Gasteiger partial charge is 0.468 e. The van der Waals surface area contributed by atoms with Crippen LogP contribution in [0.4, 0.5) is 0 Å². The van der Waals surface area contributed by atoms with E-state index in [9.17, 15) is 4.79 Å². The van der Waals surface area contributed by atoms with Gasteiger partial charge in [-0.15, -0.1) is 0 Å². The fourth-order valence-electron chi connectivity index (χ4n) is 2.47. The molecule has 1 aliphatic heterocycles. The van der Waals surface area contributed by atoms with Crippen LogP contribution in [0.1, 0.15) is 18.0 Å². The van der Waals surface area contributed by atoms with Crippen molar-refractivity contribution in [3.63, 3.8) is 0 Å². The van der Waals surface area contributed by atoms with Gasteiger partial charge in [-0.1, -0.05) is 23.2 Å². The Hall–Kier alpha value is -0.810. The van der Waals surface area contributed by atoms with Gasteiger partial charge >= 0.3 is 5.97 Å². The molecule has 0 aliphatic carbocycles. The molecule has 1 saturated heterocycles. The van der Waals surface area contributed by atoms with Crippen LogP contribution < -0.4 is 5.32 Å². The molecule has 1 heterocycles. The van der Waals surface area contributed by atoms with Crippen molar-refractivity contribution in [1.82, 2.24) is 10.2 Å². The lowest BCUT2D eigenvalue weighted by Gasteiger charge is -2.28. The molecule has 1 atom stereocenters. The van der Waals surface area contributed by atoms with Crippen LogP contribution in [0.25, 0.3) is 0 Å². The van der Waals surface area contributed by atoms with Crippen LogP contribution in [0.2, 0.25) is 10.0 Å². The standard InChI is InChI=1S/C14H18Cl2N2O2/c1-20-14(19)13(18-5-2-3-17-4-6-18)10-7-11(15)9-12(16)8-10/h7-9,13,17H,2-6H2,1H3. The predicted molar refractivity (Wildman–Crippen MR) is 80.3 cm³/mol. The number of hydrogen-bond acceptors (Lipinski definition) is 4. The molecule has 6 heteroatoms. The second-order valence-corrected chi connectivity index (χ2v) is 5.64. The first-order chi connectivity index (χ1) is 9.61. The van der Waals surface area contributed by atoms with Crippen molar-refractivity contribution in [3.8, 4) is 0 Å². The van der Waals surface area contributed by atoms with Crippen molar-refractivity contribution in [2.45, 2.75) is 12.5 Å². The van der Waals surface area contributed by atoms with Crippen LogP contribution in [-0.2, 0) is 9.53 Å². The highest BCUT2D eigenvalue weighted by atomic mass is 35.5. The van der Waals surface area contributed by atoms with E-state index < -0.39 is 6.04 Å². The Bertz CT molecular complexity index is 454. The molecule has 20 heavy (non-hydrogen) atoms. The molecule has 0 aromatic heterocycles. The normalized spacial score (nSPS) is 18.4. The molecular weight excluding hydrogens is 299 g/mol. The van der Waals surface area contributed by atoms with Crippen LogP contribution in [0.15, 0.2) is 18.2 Å². The zero-order valence-electron chi connectivity index (χ0n) is 11.4. The summed E-state index contributed by atoms with van der Waals surface area (Å²) in [4.78, 5) is 14.3. The van der Waals surface area contributed by atoms with E-state index in [0.29, 0.717) is 10.0 Å². The van der Waals surface area contributed by atoms with Crippen LogP contribution in [0, 0.1) is 0 Å². The summed E-state index contributed by atoms with van der Waals surface area (Å²) in [5.41, 5.74) is 0.774. The fourth-order valence-corrected chi connectivity index (χ4v) is 3.01. The maximum absolute atomic E-state index is 12.2. The number of halogens is 2. The van der Waals surface area contributed by atoms with E-state index in [1.807, 2.05) is 0 Å². The van der Waals surface area contributed by atoms with Gasteiger partial charge in [-0.2, -0.15) is 0 Å². The van der Waals surface area contributed by atoms with E-state index in [1.54, 1.807) is 18.2 Å². The van der Waals surface area contributed by atoms with Crippen molar-refractivity contribution < 1.29 is 9.53 Å². The van der Waals surface area contributed by atoms with Gasteiger partial charge in [0.15, 0.2) is 0 Å². The van der Waals surface area contributed by atoms with Crippen molar-refractivity contribution >= 4 is 29.2 Å². The Morgan fingerprint density at radius 2 is 1.95 bits per heavy atom. The first-order valence-electron chi connectivity index (χ1n) is 6.60. The summed E-state index contributed by atoms with van der Waals surface area (Å²) in [5.74, 6) is -0.287. The topological polar surface area (TPSA) is 41.6 Å². The Balaban J connectivity index is 2.32. The third-order valence-electron chi connectivity index (χ3n) is 3.36. The second kappa shape index (κ2) is 7.27. The van der Waals surface area contributed by atoms with Gasteiger partial charge in [-0.05, 0) is 36.7 Å². The molecule has 1 unspecified atom stereocenters. The first kappa shape index (κ1) is 15.6. The van der Waals surface area contributed by atoms with E-state index in [1.165, 1.54) is 7.11 Å². The van der Waals surface area contributed by atoms with Gasteiger partial charge in [0.2, 0.25) is 0 Å². The number of rotatable bonds is 3. The molecule has 2 rings (SSSR count). The number of benzene rings is 1. The zero-order chi connectivity index (χ0) is 14.5. The third kappa shape index (κ3) is 3.85. The maximum Gasteiger partial charge on any atom is 0.327 e. The molecule has 110 valence electrons. The van der Waals surface area contributed by atoms with E-state index in [4.69, 9.17) is 27.9 Å². The van der Waals surface area contributed by atoms with E-state index in [2.05, 4.69) is 10.2 Å². The SMILES string of the molecule is COC(=O)C(c1cc(Cl)cc(Cl)c1)N1CCCNCC1. The average Bonchev–Trinajstić information content (AvgIpc) is 2.67. The molecule has 1 N–H and O–H groups in total. The number of ether oxygens (including phenoxy) is 1. The summed E-state index contributed by atoms with van der Waals surface area (Å²) < 4.78 is 4.95. The predicted octanol–water partition coefficient (Wildman–Crippen LogP) is 2.50. The monoisotopic (exact) mass is 316 g/mol. The smallest absolute Gasteiger partial charge is 0.327 e. The number of esters is 1. The summed E-state index contributed by atoms with van der Waals surface area (Å²) in [5, 5.41) is 4.36. The molecule has 0 amide bonds. The number of carbonyl (C=O) groups excluding carboxylic acids is 1. The molecule has 0 bridgehead atoms. The molecule has 0 saturated carbocycles. The summed E-state index contributed by atoms with van der Waals surface area (Å²) in [7, 11) is 1.40. The van der Waals surface area contributed by atoms with Crippen molar-refractivity contribution in [1.29, 1.82) is 0 Å². The molecule has 1 fully saturated rings. The third-order valence-corrected chi connectivity index (χ3v) is 3.80. The molecule has 0 radical (unpaired) electrons. The van der Waals surface area contributed by atoms with E-state index >= 15 is 0 Å². The number of carbonyl (C=O) groups is 1. The Kier molecular flexibility index (Phi) is 5.66. The van der Waals surface area contributed by atoms with Gasteiger partial charge in [0, 0.05) is 29.7 Å². The van der Waals surface area contributed by atoms with E-state index in [0.717, 1.165) is 38.2 Å². The minimum Gasteiger partial charge on any atom is -0.468 e. The fraction of sp³-hybridized carbons (Fsp3) is 0.500. The molecule has 1 aliphatic rings. The average molecular weight is 317 g/mol. The van der Waals surface area contributed by atoms with Gasteiger partial charge in [0.1, 0.15) is 6.04 Å². The maximum atomic E-state index is 12.2. The van der Waals surface area contributed by atoms with Crippen molar-refractivity contribution in [2.24, 2.45) is 0 Å². The van der Waals surface area contributed by atoms with Crippen LogP contribution in [-0.4, -0.2) is 44.2 Å². The molecule has 1 aromatic carbocycles. The Labute approximate surface area is 129 Å². The summed E-state index contributed by atoms with van der Waals surface area (Å²) >= 11 is 12.1. The lowest BCUT2D eigenvalue weighted by atomic mass is 10.0. The highest BCUT2D eigenvalue weighted by Crippen LogP contribution is 2.28. The minimum absolute atomic E-state index is 0.287. The highest BCUT2D eigenvalue weighted by Gasteiger charge is 2.29. The number of hydrogen-bond donors (Lipinski definition) is 1. The number of nitrogens with zero attached hydrogens (tertiary/aromatic N) is 1. The van der Waals surface area contributed by atoms with E-state index in [-0.39, 0.29) is 5.97 Å². The van der Waals surface area contributed by atoms with Gasteiger partial charge in [-0.3, -0.25) is 4.90 Å².